The molecule has 0 aromatic heterocycles. The van der Waals surface area contributed by atoms with E-state index in [4.69, 9.17) is 0 Å². The summed E-state index contributed by atoms with van der Waals surface area (Å²) in [5.74, 6) is -97.9. The summed E-state index contributed by atoms with van der Waals surface area (Å²) in [7, 11) is 0. The van der Waals surface area contributed by atoms with Gasteiger partial charge < -0.3 is 23.7 Å². The molecule has 0 aliphatic heterocycles. The smallest absolute Gasteiger partial charge is 0.385 e. The second kappa shape index (κ2) is 19.9. The number of alkyl halides is 20. The van der Waals surface area contributed by atoms with Crippen molar-refractivity contribution in [3.05, 3.63) is 75.9 Å². The van der Waals surface area contributed by atoms with Crippen molar-refractivity contribution in [3.8, 4) is 0 Å². The van der Waals surface area contributed by atoms with E-state index in [2.05, 4.69) is 63.2 Å². The second-order valence-electron chi connectivity index (χ2n) is 12.8. The highest BCUT2D eigenvalue weighted by Gasteiger charge is 2.98. The molecule has 10 nitrogen and oxygen atoms in total. The number of rotatable bonds is 28. The normalized spacial score (nSPS) is 14.7. The van der Waals surface area contributed by atoms with Crippen molar-refractivity contribution in [1.82, 2.24) is 0 Å². The Morgan fingerprint density at radius 2 is 0.538 bits per heavy atom. The van der Waals surface area contributed by atoms with E-state index in [1.807, 2.05) is 0 Å². The van der Waals surface area contributed by atoms with Crippen LogP contribution < -0.4 is 0 Å². The third-order valence-corrected chi connectivity index (χ3v) is 8.80. The van der Waals surface area contributed by atoms with Crippen molar-refractivity contribution in [2.24, 2.45) is 10.8 Å². The monoisotopic (exact) mass is 990 g/mol. The van der Waals surface area contributed by atoms with Crippen LogP contribution in [0.5, 0.6) is 0 Å². The zero-order valence-corrected chi connectivity index (χ0v) is 32.1. The molecule has 0 saturated carbocycles. The van der Waals surface area contributed by atoms with Crippen molar-refractivity contribution in [1.29, 1.82) is 0 Å². The fraction of sp³-hybridized carbons (Fsp3) is 0.514. The van der Waals surface area contributed by atoms with Gasteiger partial charge in [0.25, 0.3) is 0 Å². The number of ether oxygens (including phenoxy) is 5. The molecule has 0 aromatic rings. The predicted octanol–water partition coefficient (Wildman–Crippen LogP) is 8.53. The molecule has 0 rings (SSSR count). The van der Waals surface area contributed by atoms with E-state index in [1.54, 1.807) is 0 Å². The Morgan fingerprint density at radius 1 is 0.323 bits per heavy atom. The SMILES string of the molecule is C=CC(=O)OCCC(C=C)(COC(=O)C=C)C(F)(F)C(F)(F)C(F)(F)C(F)(F)C(F)(F)C(F)(F)C(F)(F)C(F)(F)C(F)(F)C(F)(F)C(COC(=O)C=C)(COC(=O)C=C)COC(=O)C=C. The Kier molecular flexibility index (Phi) is 18.2. The molecule has 0 bridgehead atoms. The molecule has 0 amide bonds. The maximum Gasteiger partial charge on any atom is 0.385 e. The Labute approximate surface area is 351 Å². The summed E-state index contributed by atoms with van der Waals surface area (Å²) in [5.41, 5.74) is -9.68. The summed E-state index contributed by atoms with van der Waals surface area (Å²) < 4.78 is 324. The molecule has 0 fully saturated rings. The first-order valence-electron chi connectivity index (χ1n) is 16.5. The highest BCUT2D eigenvalue weighted by Crippen LogP contribution is 2.68. The van der Waals surface area contributed by atoms with Crippen LogP contribution in [0.15, 0.2) is 75.9 Å². The van der Waals surface area contributed by atoms with Crippen LogP contribution in [0.4, 0.5) is 87.8 Å². The van der Waals surface area contributed by atoms with Crippen LogP contribution in [0.3, 0.4) is 0 Å². The summed E-state index contributed by atoms with van der Waals surface area (Å²) in [6, 6.07) is 0. The van der Waals surface area contributed by atoms with Gasteiger partial charge in [-0.25, -0.2) is 24.0 Å². The minimum absolute atomic E-state index is 0.0233. The number of halogens is 20. The van der Waals surface area contributed by atoms with Gasteiger partial charge in [0.1, 0.15) is 31.8 Å². The number of hydrogen-bond donors (Lipinski definition) is 0. The summed E-state index contributed by atoms with van der Waals surface area (Å²) in [6.07, 6.45) is -2.78. The average Bonchev–Trinajstić information content (AvgIpc) is 3.22. The van der Waals surface area contributed by atoms with Crippen molar-refractivity contribution >= 4 is 29.8 Å². The molecule has 0 spiro atoms. The molecule has 1 unspecified atom stereocenters. The molecular formula is C35H30F20O10. The van der Waals surface area contributed by atoms with E-state index in [-0.39, 0.29) is 30.4 Å². The van der Waals surface area contributed by atoms with E-state index in [0.29, 0.717) is 0 Å². The van der Waals surface area contributed by atoms with Crippen LogP contribution in [0.25, 0.3) is 0 Å². The lowest BCUT2D eigenvalue weighted by molar-refractivity contribution is -0.475. The van der Waals surface area contributed by atoms with Gasteiger partial charge in [0.15, 0.2) is 0 Å². The van der Waals surface area contributed by atoms with Crippen molar-refractivity contribution < 1.29 is 135 Å². The Balaban J connectivity index is 8.08. The topological polar surface area (TPSA) is 132 Å². The highest BCUT2D eigenvalue weighted by atomic mass is 19.4. The number of esters is 5. The Morgan fingerprint density at radius 3 is 0.785 bits per heavy atom. The van der Waals surface area contributed by atoms with Gasteiger partial charge in [0.2, 0.25) is 0 Å². The third-order valence-electron chi connectivity index (χ3n) is 8.80. The molecule has 0 aliphatic rings. The Bertz CT molecular complexity index is 1800. The fourth-order valence-corrected chi connectivity index (χ4v) is 4.69. The predicted molar refractivity (Wildman–Crippen MR) is 175 cm³/mol. The lowest BCUT2D eigenvalue weighted by Crippen LogP contribution is -2.78. The van der Waals surface area contributed by atoms with Gasteiger partial charge in [0.05, 0.1) is 12.0 Å². The highest BCUT2D eigenvalue weighted by molar-refractivity contribution is 5.83. The minimum Gasteiger partial charge on any atom is -0.463 e. The lowest BCUT2D eigenvalue weighted by Gasteiger charge is -2.48. The molecule has 0 radical (unpaired) electrons. The minimum atomic E-state index is -9.52. The van der Waals surface area contributed by atoms with Crippen LogP contribution in [0.1, 0.15) is 6.42 Å². The van der Waals surface area contributed by atoms with Crippen LogP contribution in [0.2, 0.25) is 0 Å². The van der Waals surface area contributed by atoms with Crippen molar-refractivity contribution in [2.45, 2.75) is 65.6 Å². The van der Waals surface area contributed by atoms with Gasteiger partial charge in [-0.15, -0.1) is 6.58 Å². The van der Waals surface area contributed by atoms with Gasteiger partial charge in [-0.2, -0.15) is 87.8 Å². The molecule has 1 atom stereocenters. The molecular weight excluding hydrogens is 960 g/mol. The summed E-state index contributed by atoms with van der Waals surface area (Å²) in [6.45, 7) is 3.31. The summed E-state index contributed by atoms with van der Waals surface area (Å²) in [5, 5.41) is 0. The molecule has 30 heteroatoms. The standard InChI is InChI=1S/C35H30F20O10/c1-7-19(56)61-14-13-24(12-6,15-62-20(57)8-2)26(36,37)28(40,41)30(44,45)32(48,49)34(52,53)35(54,55)33(50,51)31(46,47)29(42,43)27(38,39)25(16-63-21(58)9-3,17-64-22(59)10-4)18-65-23(60)11-5/h7-12H,1-6,13-18H2. The molecule has 370 valence electrons. The number of hydrogen-bond acceptors (Lipinski definition) is 10. The number of carbonyl (C=O) groups is 5. The van der Waals surface area contributed by atoms with E-state index in [1.165, 1.54) is 0 Å². The maximum absolute atomic E-state index is 15.9. The van der Waals surface area contributed by atoms with Gasteiger partial charge in [0, 0.05) is 30.4 Å². The van der Waals surface area contributed by atoms with Crippen LogP contribution >= 0.6 is 0 Å². The molecule has 0 aromatic carbocycles. The first-order chi connectivity index (χ1) is 29.1. The maximum atomic E-state index is 15.9. The van der Waals surface area contributed by atoms with Crippen LogP contribution in [-0.2, 0) is 47.7 Å². The zero-order chi connectivity index (χ0) is 51.9. The first kappa shape index (κ1) is 59.4. The molecule has 0 aliphatic carbocycles. The summed E-state index contributed by atoms with van der Waals surface area (Å²) in [4.78, 5) is 57.6. The quantitative estimate of drug-likeness (QED) is 0.0247. The summed E-state index contributed by atoms with van der Waals surface area (Å²) >= 11 is 0. The fourth-order valence-electron chi connectivity index (χ4n) is 4.69. The number of carbonyl (C=O) groups excluding carboxylic acids is 5. The van der Waals surface area contributed by atoms with E-state index in [9.17, 15) is 50.3 Å². The molecule has 0 heterocycles. The first-order valence-corrected chi connectivity index (χ1v) is 16.5. The van der Waals surface area contributed by atoms with E-state index < -0.39 is 145 Å². The van der Waals surface area contributed by atoms with Gasteiger partial charge in [-0.05, 0) is 6.42 Å². The largest absolute Gasteiger partial charge is 0.463 e. The molecule has 65 heavy (non-hydrogen) atoms. The lowest BCUT2D eigenvalue weighted by atomic mass is 9.73. The molecule has 0 N–H and O–H groups in total. The van der Waals surface area contributed by atoms with Gasteiger partial charge >= 0.3 is 89.1 Å². The van der Waals surface area contributed by atoms with Gasteiger partial charge in [-0.1, -0.05) is 39.0 Å². The zero-order valence-electron chi connectivity index (χ0n) is 32.1. The molecule has 0 saturated heterocycles. The van der Waals surface area contributed by atoms with Crippen molar-refractivity contribution in [3.63, 3.8) is 0 Å². The van der Waals surface area contributed by atoms with E-state index >= 15 is 61.5 Å². The van der Waals surface area contributed by atoms with Crippen LogP contribution in [-0.4, -0.2) is 122 Å². The second-order valence-corrected chi connectivity index (χ2v) is 12.8. The Hall–Kier alpha value is -5.61. The third kappa shape index (κ3) is 9.84. The average molecular weight is 991 g/mol. The van der Waals surface area contributed by atoms with Gasteiger partial charge in [-0.3, -0.25) is 0 Å². The van der Waals surface area contributed by atoms with Crippen molar-refractivity contribution in [2.75, 3.05) is 33.0 Å². The van der Waals surface area contributed by atoms with E-state index in [0.717, 1.165) is 0 Å². The van der Waals surface area contributed by atoms with Crippen LogP contribution in [0, 0.1) is 10.8 Å².